The number of nitrogens with zero attached hydrogens (tertiary/aromatic N) is 3. The third-order valence-corrected chi connectivity index (χ3v) is 6.27. The highest BCUT2D eigenvalue weighted by atomic mass is 35.5. The van der Waals surface area contributed by atoms with Gasteiger partial charge in [-0.1, -0.05) is 11.6 Å². The van der Waals surface area contributed by atoms with E-state index in [0.717, 1.165) is 31.3 Å². The van der Waals surface area contributed by atoms with Crippen molar-refractivity contribution in [2.45, 2.75) is 6.54 Å². The van der Waals surface area contributed by atoms with Gasteiger partial charge in [-0.2, -0.15) is 0 Å². The van der Waals surface area contributed by atoms with Crippen LogP contribution in [0.2, 0.25) is 5.02 Å². The predicted octanol–water partition coefficient (Wildman–Crippen LogP) is 3.85. The number of likely N-dealkylation sites (tertiary alicyclic amines) is 1. The van der Waals surface area contributed by atoms with Gasteiger partial charge in [0.25, 0.3) is 5.91 Å². The van der Waals surface area contributed by atoms with E-state index in [1.54, 1.807) is 4.90 Å². The lowest BCUT2D eigenvalue weighted by atomic mass is 9.74. The number of nitrogens with one attached hydrogen (secondary N) is 1. The SMILES string of the molecule is O=C(c1cnc(-c2ccc(F)c(Cl)c2)n1Cc1cc(F)c(F)c(F)c1)N1CC2(CNC2)C1. The molecule has 0 unspecified atom stereocenters. The Morgan fingerprint density at radius 2 is 1.75 bits per heavy atom. The summed E-state index contributed by atoms with van der Waals surface area (Å²) in [7, 11) is 0. The molecule has 32 heavy (non-hydrogen) atoms. The Labute approximate surface area is 185 Å². The van der Waals surface area contributed by atoms with Crippen molar-refractivity contribution in [3.8, 4) is 11.4 Å². The molecule has 0 atom stereocenters. The predicted molar refractivity (Wildman–Crippen MR) is 109 cm³/mol. The number of amides is 1. The zero-order valence-corrected chi connectivity index (χ0v) is 17.4. The fourth-order valence-corrected chi connectivity index (χ4v) is 4.41. The second-order valence-corrected chi connectivity index (χ2v) is 8.73. The minimum absolute atomic E-state index is 0.103. The van der Waals surface area contributed by atoms with Gasteiger partial charge in [-0.05, 0) is 35.9 Å². The van der Waals surface area contributed by atoms with Crippen molar-refractivity contribution in [1.82, 2.24) is 19.8 Å². The lowest BCUT2D eigenvalue weighted by Crippen LogP contribution is -2.72. The third-order valence-electron chi connectivity index (χ3n) is 5.98. The molecule has 2 aliphatic heterocycles. The molecule has 0 aliphatic carbocycles. The summed E-state index contributed by atoms with van der Waals surface area (Å²) in [5, 5.41) is 3.06. The zero-order chi connectivity index (χ0) is 22.6. The van der Waals surface area contributed by atoms with Gasteiger partial charge < -0.3 is 14.8 Å². The molecular weight excluding hydrogens is 448 g/mol. The van der Waals surface area contributed by atoms with Crippen LogP contribution < -0.4 is 5.32 Å². The minimum Gasteiger partial charge on any atom is -0.336 e. The number of hydrogen-bond donors (Lipinski definition) is 1. The Balaban J connectivity index is 1.54. The first-order valence-electron chi connectivity index (χ1n) is 9.91. The molecule has 1 N–H and O–H groups in total. The summed E-state index contributed by atoms with van der Waals surface area (Å²) >= 11 is 5.91. The molecule has 5 nitrogen and oxygen atoms in total. The van der Waals surface area contributed by atoms with Gasteiger partial charge in [-0.3, -0.25) is 4.79 Å². The van der Waals surface area contributed by atoms with E-state index in [1.165, 1.54) is 22.9 Å². The summed E-state index contributed by atoms with van der Waals surface area (Å²) in [6, 6.07) is 5.70. The molecule has 1 spiro atoms. The Hall–Kier alpha value is -2.91. The standard InChI is InChI=1S/C22H17ClF4N4O/c23-14-5-13(1-2-15(14)24)20-29-6-18(21(32)30-10-22(11-30)8-28-9-22)31(20)7-12-3-16(25)19(27)17(26)4-12/h1-6,28H,7-11H2. The van der Waals surface area contributed by atoms with E-state index < -0.39 is 23.3 Å². The number of carbonyl (C=O) groups excluding carboxylic acids is 1. The fraction of sp³-hybridized carbons (Fsp3) is 0.273. The quantitative estimate of drug-likeness (QED) is 0.471. The molecule has 2 aliphatic rings. The molecule has 3 aromatic rings. The largest absolute Gasteiger partial charge is 0.336 e. The van der Waals surface area contributed by atoms with Crippen LogP contribution in [-0.4, -0.2) is 46.5 Å². The van der Waals surface area contributed by atoms with E-state index >= 15 is 0 Å². The summed E-state index contributed by atoms with van der Waals surface area (Å²) in [6.07, 6.45) is 1.37. The highest BCUT2D eigenvalue weighted by Gasteiger charge is 2.49. The number of halogens is 5. The number of rotatable bonds is 4. The number of benzene rings is 2. The van der Waals surface area contributed by atoms with E-state index in [9.17, 15) is 22.4 Å². The molecule has 0 radical (unpaired) electrons. The van der Waals surface area contributed by atoms with Gasteiger partial charge in [0.05, 0.1) is 17.8 Å². The molecule has 5 rings (SSSR count). The number of imidazole rings is 1. The number of hydrogen-bond acceptors (Lipinski definition) is 3. The van der Waals surface area contributed by atoms with E-state index in [4.69, 9.17) is 11.6 Å². The first-order valence-corrected chi connectivity index (χ1v) is 10.3. The fourth-order valence-electron chi connectivity index (χ4n) is 4.23. The van der Waals surface area contributed by atoms with Gasteiger partial charge in [0, 0.05) is 37.2 Å². The molecule has 2 aromatic carbocycles. The van der Waals surface area contributed by atoms with Crippen molar-refractivity contribution in [1.29, 1.82) is 0 Å². The second kappa shape index (κ2) is 7.60. The van der Waals surface area contributed by atoms with Crippen LogP contribution >= 0.6 is 11.6 Å². The average molecular weight is 465 g/mol. The normalized spacial score (nSPS) is 16.7. The van der Waals surface area contributed by atoms with E-state index in [1.807, 2.05) is 0 Å². The van der Waals surface area contributed by atoms with Gasteiger partial charge in [0.15, 0.2) is 17.5 Å². The first-order chi connectivity index (χ1) is 15.3. The van der Waals surface area contributed by atoms with Gasteiger partial charge >= 0.3 is 0 Å². The number of aromatic nitrogens is 2. The van der Waals surface area contributed by atoms with Crippen LogP contribution in [0, 0.1) is 28.7 Å². The van der Waals surface area contributed by atoms with Gasteiger partial charge in [-0.15, -0.1) is 0 Å². The minimum atomic E-state index is -1.57. The summed E-state index contributed by atoms with van der Waals surface area (Å²) in [4.78, 5) is 19.2. The van der Waals surface area contributed by atoms with Gasteiger partial charge in [-0.25, -0.2) is 22.5 Å². The molecule has 0 bridgehead atoms. The second-order valence-electron chi connectivity index (χ2n) is 8.32. The Bertz CT molecular complexity index is 1210. The van der Waals surface area contributed by atoms with Gasteiger partial charge in [0.1, 0.15) is 17.3 Å². The molecule has 10 heteroatoms. The summed E-state index contributed by atoms with van der Waals surface area (Å²) in [5.74, 6) is -4.87. The highest BCUT2D eigenvalue weighted by molar-refractivity contribution is 6.31. The Morgan fingerprint density at radius 3 is 2.34 bits per heavy atom. The smallest absolute Gasteiger partial charge is 0.272 e. The van der Waals surface area contributed by atoms with Gasteiger partial charge in [0.2, 0.25) is 0 Å². The van der Waals surface area contributed by atoms with Crippen LogP contribution in [0.15, 0.2) is 36.5 Å². The van der Waals surface area contributed by atoms with Crippen molar-refractivity contribution in [3.05, 3.63) is 76.1 Å². The maximum absolute atomic E-state index is 13.8. The van der Waals surface area contributed by atoms with Crippen molar-refractivity contribution < 1.29 is 22.4 Å². The maximum Gasteiger partial charge on any atom is 0.272 e. The van der Waals surface area contributed by atoms with Crippen molar-refractivity contribution in [2.24, 2.45) is 5.41 Å². The lowest BCUT2D eigenvalue weighted by molar-refractivity contribution is -0.0253. The third kappa shape index (κ3) is 3.45. The molecule has 2 fully saturated rings. The highest BCUT2D eigenvalue weighted by Crippen LogP contribution is 2.35. The van der Waals surface area contributed by atoms with Crippen LogP contribution in [0.1, 0.15) is 16.1 Å². The van der Waals surface area contributed by atoms with Crippen molar-refractivity contribution >= 4 is 17.5 Å². The molecular formula is C22H17ClF4N4O. The Morgan fingerprint density at radius 1 is 1.06 bits per heavy atom. The van der Waals surface area contributed by atoms with Crippen molar-refractivity contribution in [3.63, 3.8) is 0 Å². The maximum atomic E-state index is 13.8. The van der Waals surface area contributed by atoms with E-state index in [0.29, 0.717) is 18.7 Å². The Kier molecular flexibility index (Phi) is 4.98. The molecule has 1 amide bonds. The lowest BCUT2D eigenvalue weighted by Gasteiger charge is -2.55. The summed E-state index contributed by atoms with van der Waals surface area (Å²) in [5.41, 5.74) is 0.831. The average Bonchev–Trinajstić information content (AvgIpc) is 3.09. The van der Waals surface area contributed by atoms with Crippen LogP contribution in [0.5, 0.6) is 0 Å². The van der Waals surface area contributed by atoms with E-state index in [2.05, 4.69) is 10.3 Å². The topological polar surface area (TPSA) is 50.2 Å². The first kappa shape index (κ1) is 21.0. The van der Waals surface area contributed by atoms with Crippen LogP contribution in [0.4, 0.5) is 17.6 Å². The molecule has 1 aromatic heterocycles. The zero-order valence-electron chi connectivity index (χ0n) is 16.6. The van der Waals surface area contributed by atoms with Crippen LogP contribution in [0.25, 0.3) is 11.4 Å². The molecule has 166 valence electrons. The van der Waals surface area contributed by atoms with Crippen LogP contribution in [-0.2, 0) is 6.54 Å². The molecule has 0 saturated carbocycles. The molecule has 3 heterocycles. The van der Waals surface area contributed by atoms with E-state index in [-0.39, 0.29) is 40.0 Å². The van der Waals surface area contributed by atoms with Crippen LogP contribution in [0.3, 0.4) is 0 Å². The monoisotopic (exact) mass is 464 g/mol. The van der Waals surface area contributed by atoms with Crippen molar-refractivity contribution in [2.75, 3.05) is 26.2 Å². The summed E-state index contributed by atoms with van der Waals surface area (Å²) in [6.45, 7) is 2.75. The number of carbonyl (C=O) groups is 1. The summed E-state index contributed by atoms with van der Waals surface area (Å²) < 4.78 is 56.1. The molecule has 2 saturated heterocycles.